The normalized spacial score (nSPS) is 32.6. The Morgan fingerprint density at radius 1 is 0.913 bits per heavy atom. The van der Waals surface area contributed by atoms with Gasteiger partial charge in [0.15, 0.2) is 0 Å². The topological polar surface area (TPSA) is 52.6 Å². The number of ether oxygens (including phenoxy) is 2. The maximum absolute atomic E-state index is 13.3. The second kappa shape index (κ2) is 13.0. The number of hydrogen-bond donors (Lipinski definition) is 0. The lowest BCUT2D eigenvalue weighted by Crippen LogP contribution is -2.51. The second-order valence-electron chi connectivity index (χ2n) is 16.3. The summed E-state index contributed by atoms with van der Waals surface area (Å²) in [6, 6.07) is 11.2. The van der Waals surface area contributed by atoms with Crippen molar-refractivity contribution in [2.75, 3.05) is 7.11 Å². The molecule has 0 radical (unpaired) electrons. The number of rotatable bonds is 9. The Labute approximate surface area is 277 Å². The number of carbonyl (C=O) groups is 2. The standard InChI is InChI=1S/C42H56O4/c1-26(2)9-8-10-27(3)36-17-18-37-35-16-15-33-25-34(19-21-41(33,5)38(35)20-22-42(36,37)6)46-39(43)28(4)29-11-12-31-24-32(40(44)45-7)14-13-30(31)23-29/h11-15,23-24,26-27,34-38H,4,8-10,16-22,25H2,1-3,5-7H3/t27-,34+,35+,36-,37+,38+,41+,42-/m1/s1. The van der Waals surface area contributed by atoms with Crippen LogP contribution in [0.15, 0.2) is 54.6 Å². The fourth-order valence-corrected chi connectivity index (χ4v) is 10.8. The van der Waals surface area contributed by atoms with Gasteiger partial charge in [-0.15, -0.1) is 0 Å². The van der Waals surface area contributed by atoms with E-state index in [0.717, 1.165) is 71.1 Å². The van der Waals surface area contributed by atoms with Crippen LogP contribution in [0, 0.1) is 46.3 Å². The predicted molar refractivity (Wildman–Crippen MR) is 187 cm³/mol. The van der Waals surface area contributed by atoms with Crippen molar-refractivity contribution in [2.45, 2.75) is 111 Å². The molecule has 0 heterocycles. The highest BCUT2D eigenvalue weighted by Crippen LogP contribution is 2.67. The predicted octanol–water partition coefficient (Wildman–Crippen LogP) is 10.6. The van der Waals surface area contributed by atoms with E-state index < -0.39 is 0 Å². The first kappa shape index (κ1) is 33.0. The van der Waals surface area contributed by atoms with Crippen molar-refractivity contribution < 1.29 is 19.1 Å². The number of carbonyl (C=O) groups excluding carboxylic acids is 2. The molecule has 0 N–H and O–H groups in total. The highest BCUT2D eigenvalue weighted by Gasteiger charge is 2.59. The molecule has 4 aliphatic rings. The molecule has 0 aromatic heterocycles. The van der Waals surface area contributed by atoms with Crippen molar-refractivity contribution in [2.24, 2.45) is 46.3 Å². The van der Waals surface area contributed by atoms with Gasteiger partial charge in [-0.2, -0.15) is 0 Å². The average molecular weight is 625 g/mol. The first-order valence-electron chi connectivity index (χ1n) is 18.2. The maximum atomic E-state index is 13.3. The number of methoxy groups -OCH3 is 1. The summed E-state index contributed by atoms with van der Waals surface area (Å²) in [5.74, 6) is 4.24. The molecule has 0 amide bonds. The number of hydrogen-bond acceptors (Lipinski definition) is 4. The lowest BCUT2D eigenvalue weighted by atomic mass is 9.47. The molecular weight excluding hydrogens is 568 g/mol. The minimum atomic E-state index is -0.363. The third-order valence-electron chi connectivity index (χ3n) is 13.4. The van der Waals surface area contributed by atoms with Gasteiger partial charge in [0.2, 0.25) is 0 Å². The van der Waals surface area contributed by atoms with Crippen molar-refractivity contribution in [1.29, 1.82) is 0 Å². The molecular formula is C42H56O4. The average Bonchev–Trinajstić information content (AvgIpc) is 3.40. The van der Waals surface area contributed by atoms with E-state index in [1.165, 1.54) is 64.0 Å². The Hall–Kier alpha value is -2.88. The molecule has 248 valence electrons. The Balaban J connectivity index is 1.09. The largest absolute Gasteiger partial charge is 0.465 e. The van der Waals surface area contributed by atoms with E-state index in [1.807, 2.05) is 24.3 Å². The number of allylic oxidation sites excluding steroid dienone is 1. The van der Waals surface area contributed by atoms with Gasteiger partial charge in [-0.25, -0.2) is 9.59 Å². The Bertz CT molecular complexity index is 1520. The summed E-state index contributed by atoms with van der Waals surface area (Å²) in [7, 11) is 1.38. The molecule has 4 nitrogen and oxygen atoms in total. The summed E-state index contributed by atoms with van der Waals surface area (Å²) < 4.78 is 11.0. The van der Waals surface area contributed by atoms with Crippen LogP contribution >= 0.6 is 0 Å². The van der Waals surface area contributed by atoms with Crippen LogP contribution in [-0.4, -0.2) is 25.2 Å². The van der Waals surface area contributed by atoms with Crippen LogP contribution in [0.2, 0.25) is 0 Å². The molecule has 0 bridgehead atoms. The molecule has 2 aromatic rings. The molecule has 6 rings (SSSR count). The summed E-state index contributed by atoms with van der Waals surface area (Å²) in [5.41, 5.74) is 3.90. The van der Waals surface area contributed by atoms with E-state index in [2.05, 4.69) is 47.3 Å². The molecule has 0 unspecified atom stereocenters. The van der Waals surface area contributed by atoms with Crippen LogP contribution in [0.5, 0.6) is 0 Å². The van der Waals surface area contributed by atoms with Gasteiger partial charge in [-0.3, -0.25) is 0 Å². The van der Waals surface area contributed by atoms with Crippen molar-refractivity contribution in [1.82, 2.24) is 0 Å². The van der Waals surface area contributed by atoms with Crippen LogP contribution in [0.4, 0.5) is 0 Å². The second-order valence-corrected chi connectivity index (χ2v) is 16.3. The van der Waals surface area contributed by atoms with Gasteiger partial charge < -0.3 is 9.47 Å². The summed E-state index contributed by atoms with van der Waals surface area (Å²) >= 11 is 0. The third-order valence-corrected chi connectivity index (χ3v) is 13.4. The summed E-state index contributed by atoms with van der Waals surface area (Å²) in [6.07, 6.45) is 16.3. The van der Waals surface area contributed by atoms with E-state index in [4.69, 9.17) is 9.47 Å². The first-order valence-corrected chi connectivity index (χ1v) is 18.2. The molecule has 46 heavy (non-hydrogen) atoms. The van der Waals surface area contributed by atoms with Gasteiger partial charge in [0, 0.05) is 6.42 Å². The molecule has 3 fully saturated rings. The van der Waals surface area contributed by atoms with E-state index >= 15 is 0 Å². The van der Waals surface area contributed by atoms with Crippen molar-refractivity contribution in [3.05, 3.63) is 65.8 Å². The zero-order valence-corrected chi connectivity index (χ0v) is 29.2. The molecule has 0 spiro atoms. The van der Waals surface area contributed by atoms with Crippen LogP contribution in [-0.2, 0) is 14.3 Å². The molecule has 0 saturated heterocycles. The van der Waals surface area contributed by atoms with Gasteiger partial charge in [-0.05, 0) is 126 Å². The van der Waals surface area contributed by atoms with E-state index in [-0.39, 0.29) is 23.5 Å². The zero-order valence-electron chi connectivity index (χ0n) is 29.2. The molecule has 0 aliphatic heterocycles. The molecule has 4 heteroatoms. The van der Waals surface area contributed by atoms with Crippen LogP contribution in [0.3, 0.4) is 0 Å². The summed E-state index contributed by atoms with van der Waals surface area (Å²) in [5, 5.41) is 1.85. The molecule has 2 aromatic carbocycles. The van der Waals surface area contributed by atoms with E-state index in [9.17, 15) is 9.59 Å². The lowest BCUT2D eigenvalue weighted by Gasteiger charge is -2.58. The Kier molecular flexibility index (Phi) is 9.31. The molecule has 8 atom stereocenters. The van der Waals surface area contributed by atoms with Crippen molar-refractivity contribution in [3.63, 3.8) is 0 Å². The summed E-state index contributed by atoms with van der Waals surface area (Å²) in [6.45, 7) is 16.6. The molecule has 4 aliphatic carbocycles. The smallest absolute Gasteiger partial charge is 0.338 e. The maximum Gasteiger partial charge on any atom is 0.338 e. The van der Waals surface area contributed by atoms with Crippen LogP contribution in [0.1, 0.15) is 121 Å². The zero-order chi connectivity index (χ0) is 32.8. The fraction of sp³-hybridized carbons (Fsp3) is 0.619. The Morgan fingerprint density at radius 3 is 2.35 bits per heavy atom. The Morgan fingerprint density at radius 2 is 1.63 bits per heavy atom. The minimum Gasteiger partial charge on any atom is -0.465 e. The van der Waals surface area contributed by atoms with Crippen LogP contribution in [0.25, 0.3) is 16.3 Å². The number of esters is 2. The van der Waals surface area contributed by atoms with Crippen molar-refractivity contribution in [3.8, 4) is 0 Å². The summed E-state index contributed by atoms with van der Waals surface area (Å²) in [4.78, 5) is 25.3. The first-order chi connectivity index (χ1) is 21.9. The quantitative estimate of drug-likeness (QED) is 0.158. The van der Waals surface area contributed by atoms with Gasteiger partial charge in [0.25, 0.3) is 0 Å². The fourth-order valence-electron chi connectivity index (χ4n) is 10.8. The van der Waals surface area contributed by atoms with Gasteiger partial charge in [0.1, 0.15) is 6.10 Å². The lowest BCUT2D eigenvalue weighted by molar-refractivity contribution is -0.144. The van der Waals surface area contributed by atoms with Gasteiger partial charge in [0.05, 0.1) is 18.2 Å². The SMILES string of the molecule is C=C(C(=O)O[C@H]1CC[C@@]2(C)C(=CC[C@H]3[C@@H]4CC[C@H]([C@H](C)CCCC(C)C)[C@@]4(C)CC[C@@H]32)C1)c1ccc2cc(C(=O)OC)ccc2c1. The number of benzene rings is 2. The van der Waals surface area contributed by atoms with E-state index in [0.29, 0.717) is 16.6 Å². The number of fused-ring (bicyclic) bond motifs is 6. The van der Waals surface area contributed by atoms with Gasteiger partial charge >= 0.3 is 11.9 Å². The minimum absolute atomic E-state index is 0.0976. The molecule has 3 saturated carbocycles. The van der Waals surface area contributed by atoms with Crippen molar-refractivity contribution >= 4 is 28.3 Å². The van der Waals surface area contributed by atoms with E-state index in [1.54, 1.807) is 12.1 Å². The highest BCUT2D eigenvalue weighted by atomic mass is 16.5. The van der Waals surface area contributed by atoms with Crippen LogP contribution < -0.4 is 0 Å². The monoisotopic (exact) mass is 624 g/mol. The highest BCUT2D eigenvalue weighted by molar-refractivity contribution is 6.16. The third kappa shape index (κ3) is 5.99. The van der Waals surface area contributed by atoms with Gasteiger partial charge in [-0.1, -0.05) is 90.3 Å².